The summed E-state index contributed by atoms with van der Waals surface area (Å²) in [6, 6.07) is 16.0. The number of aromatic nitrogens is 3. The Morgan fingerprint density at radius 1 is 0.867 bits per heavy atom. The maximum atomic E-state index is 9.50. The summed E-state index contributed by atoms with van der Waals surface area (Å²) in [5.74, 6) is 0.823. The molecule has 0 radical (unpaired) electrons. The van der Waals surface area contributed by atoms with E-state index in [1.54, 1.807) is 26.0 Å². The number of ether oxygens (including phenoxy) is 3. The molecule has 1 aromatic heterocycles. The lowest BCUT2D eigenvalue weighted by Gasteiger charge is -2.11. The van der Waals surface area contributed by atoms with Gasteiger partial charge in [-0.3, -0.25) is 4.39 Å². The Labute approximate surface area is 178 Å². The number of methoxy groups -OCH3 is 3. The zero-order chi connectivity index (χ0) is 22.4. The van der Waals surface area contributed by atoms with Gasteiger partial charge in [0.05, 0.1) is 39.4 Å². The van der Waals surface area contributed by atoms with Gasteiger partial charge in [0.1, 0.15) is 11.4 Å². The molecule has 0 aliphatic carbocycles. The van der Waals surface area contributed by atoms with Crippen LogP contribution in [0.3, 0.4) is 0 Å². The highest BCUT2D eigenvalue weighted by molar-refractivity contribution is 5.62. The second-order valence-corrected chi connectivity index (χ2v) is 6.17. The van der Waals surface area contributed by atoms with Crippen LogP contribution in [0.15, 0.2) is 54.7 Å². The van der Waals surface area contributed by atoms with Crippen LogP contribution < -0.4 is 9.64 Å². The van der Waals surface area contributed by atoms with Crippen LogP contribution in [-0.2, 0) is 9.47 Å². The van der Waals surface area contributed by atoms with Gasteiger partial charge in [0.25, 0.3) is 0 Å². The van der Waals surface area contributed by atoms with Crippen molar-refractivity contribution in [2.24, 2.45) is 0 Å². The van der Waals surface area contributed by atoms with Crippen LogP contribution in [-0.4, -0.2) is 70.8 Å². The lowest BCUT2D eigenvalue weighted by Crippen LogP contribution is -2.07. The summed E-state index contributed by atoms with van der Waals surface area (Å²) in [5, 5.41) is 8.44. The topological polar surface area (TPSA) is 61.6 Å². The minimum Gasteiger partial charge on any atom is -0.497 e. The monoisotopic (exact) mass is 418 g/mol. The molecular formula is C22H31FN4O3. The highest BCUT2D eigenvalue weighted by Gasteiger charge is 2.06. The highest BCUT2D eigenvalue weighted by Crippen LogP contribution is 2.21. The molecule has 2 aromatic carbocycles. The molecule has 0 saturated carbocycles. The summed E-state index contributed by atoms with van der Waals surface area (Å²) in [6.07, 6.45) is 1.92. The van der Waals surface area contributed by atoms with Gasteiger partial charge in [-0.25, -0.2) is 4.68 Å². The van der Waals surface area contributed by atoms with Gasteiger partial charge in [-0.15, -0.1) is 5.10 Å². The first-order valence-electron chi connectivity index (χ1n) is 9.29. The van der Waals surface area contributed by atoms with Crippen LogP contribution in [0.4, 0.5) is 10.1 Å². The molecule has 30 heavy (non-hydrogen) atoms. The highest BCUT2D eigenvalue weighted by atomic mass is 19.1. The molecule has 0 aliphatic heterocycles. The molecule has 8 heteroatoms. The summed E-state index contributed by atoms with van der Waals surface area (Å²) in [4.78, 5) is 2.07. The molecule has 0 N–H and O–H groups in total. The van der Waals surface area contributed by atoms with E-state index < -0.39 is 0 Å². The Balaban J connectivity index is 0.000000487. The molecule has 164 valence electrons. The Bertz CT molecular complexity index is 817. The van der Waals surface area contributed by atoms with E-state index in [1.165, 1.54) is 0 Å². The molecule has 3 aromatic rings. The molecular weight excluding hydrogens is 387 g/mol. The van der Waals surface area contributed by atoms with Gasteiger partial charge in [0.2, 0.25) is 0 Å². The van der Waals surface area contributed by atoms with E-state index in [4.69, 9.17) is 4.74 Å². The maximum absolute atomic E-state index is 9.50. The third kappa shape index (κ3) is 7.81. The third-order valence-electron chi connectivity index (χ3n) is 4.00. The zero-order valence-corrected chi connectivity index (χ0v) is 18.5. The Morgan fingerprint density at radius 2 is 1.43 bits per heavy atom. The summed E-state index contributed by atoms with van der Waals surface area (Å²) < 4.78 is 25.7. The fourth-order valence-corrected chi connectivity index (χ4v) is 2.35. The molecule has 0 fully saturated rings. The van der Waals surface area contributed by atoms with Gasteiger partial charge in [0.15, 0.2) is 0 Å². The number of benzene rings is 2. The molecule has 0 unspecified atom stereocenters. The van der Waals surface area contributed by atoms with E-state index in [9.17, 15) is 4.39 Å². The summed E-state index contributed by atoms with van der Waals surface area (Å²) in [7, 11) is 9.50. The Kier molecular flexibility index (Phi) is 11.8. The van der Waals surface area contributed by atoms with E-state index >= 15 is 0 Å². The van der Waals surface area contributed by atoms with Gasteiger partial charge in [0, 0.05) is 39.6 Å². The Hall–Kier alpha value is -2.97. The quantitative estimate of drug-likeness (QED) is 0.543. The van der Waals surface area contributed by atoms with Gasteiger partial charge >= 0.3 is 0 Å². The molecule has 0 aliphatic rings. The van der Waals surface area contributed by atoms with E-state index in [2.05, 4.69) is 49.0 Å². The lowest BCUT2D eigenvalue weighted by atomic mass is 10.1. The second-order valence-electron chi connectivity index (χ2n) is 6.17. The van der Waals surface area contributed by atoms with E-state index in [1.807, 2.05) is 44.6 Å². The number of rotatable bonds is 7. The van der Waals surface area contributed by atoms with Gasteiger partial charge in [-0.1, -0.05) is 17.3 Å². The largest absolute Gasteiger partial charge is 0.497 e. The van der Waals surface area contributed by atoms with E-state index in [0.29, 0.717) is 20.4 Å². The van der Waals surface area contributed by atoms with Crippen molar-refractivity contribution < 1.29 is 18.6 Å². The van der Waals surface area contributed by atoms with Crippen molar-refractivity contribution >= 4 is 5.69 Å². The van der Waals surface area contributed by atoms with Crippen LogP contribution in [0.25, 0.3) is 16.9 Å². The standard InChI is InChI=1S/C17H18N4O.C4H10O2.CH3F/c1-20(2)14-6-4-13(5-7-14)17-12-21(19-18-17)15-8-10-16(22-3)11-9-15;1-5-3-4-6-2;1-2/h4-12H,1-3H3;3-4H2,1-2H3;1H3. The van der Waals surface area contributed by atoms with Crippen LogP contribution in [0.1, 0.15) is 0 Å². The van der Waals surface area contributed by atoms with Crippen molar-refractivity contribution in [3.63, 3.8) is 0 Å². The number of alkyl halides is 1. The normalized spacial score (nSPS) is 9.70. The van der Waals surface area contributed by atoms with Crippen molar-refractivity contribution in [2.45, 2.75) is 0 Å². The summed E-state index contributed by atoms with van der Waals surface area (Å²) in [6.45, 7) is 1.38. The van der Waals surface area contributed by atoms with E-state index in [-0.39, 0.29) is 0 Å². The summed E-state index contributed by atoms with van der Waals surface area (Å²) in [5.41, 5.74) is 4.00. The Morgan fingerprint density at radius 3 is 1.90 bits per heavy atom. The molecule has 7 nitrogen and oxygen atoms in total. The molecule has 0 spiro atoms. The maximum Gasteiger partial charge on any atom is 0.119 e. The number of hydrogen-bond donors (Lipinski definition) is 0. The van der Waals surface area contributed by atoms with Crippen molar-refractivity contribution in [1.29, 1.82) is 0 Å². The third-order valence-corrected chi connectivity index (χ3v) is 4.00. The molecule has 0 saturated heterocycles. The zero-order valence-electron chi connectivity index (χ0n) is 18.5. The smallest absolute Gasteiger partial charge is 0.119 e. The average molecular weight is 419 g/mol. The van der Waals surface area contributed by atoms with Crippen LogP contribution in [0, 0.1) is 0 Å². The van der Waals surface area contributed by atoms with Crippen LogP contribution >= 0.6 is 0 Å². The number of halogens is 1. The van der Waals surface area contributed by atoms with Crippen molar-refractivity contribution in [3.8, 4) is 22.7 Å². The fraction of sp³-hybridized carbons (Fsp3) is 0.364. The van der Waals surface area contributed by atoms with Crippen LogP contribution in [0.5, 0.6) is 5.75 Å². The SMILES string of the molecule is CF.COCCOC.COc1ccc(-n2cc(-c3ccc(N(C)C)cc3)nn2)cc1. The molecule has 0 atom stereocenters. The first-order chi connectivity index (χ1) is 14.6. The first kappa shape index (κ1) is 25.1. The van der Waals surface area contributed by atoms with Gasteiger partial charge in [-0.05, 0) is 36.4 Å². The number of hydrogen-bond acceptors (Lipinski definition) is 6. The molecule has 3 rings (SSSR count). The fourth-order valence-electron chi connectivity index (χ4n) is 2.35. The number of nitrogens with zero attached hydrogens (tertiary/aromatic N) is 4. The van der Waals surface area contributed by atoms with Crippen molar-refractivity contribution in [1.82, 2.24) is 15.0 Å². The predicted octanol–water partition coefficient (Wildman–Crippen LogP) is 3.87. The van der Waals surface area contributed by atoms with Gasteiger partial charge in [-0.2, -0.15) is 0 Å². The lowest BCUT2D eigenvalue weighted by molar-refractivity contribution is 0.103. The minimum absolute atomic E-state index is 0.500. The van der Waals surface area contributed by atoms with E-state index in [0.717, 1.165) is 28.4 Å². The second kappa shape index (κ2) is 14.1. The molecule has 0 bridgehead atoms. The number of anilines is 1. The van der Waals surface area contributed by atoms with Gasteiger partial charge < -0.3 is 19.1 Å². The van der Waals surface area contributed by atoms with Crippen LogP contribution in [0.2, 0.25) is 0 Å². The average Bonchev–Trinajstić information content (AvgIpc) is 3.30. The summed E-state index contributed by atoms with van der Waals surface area (Å²) >= 11 is 0. The predicted molar refractivity (Wildman–Crippen MR) is 118 cm³/mol. The van der Waals surface area contributed by atoms with Crippen molar-refractivity contribution in [2.75, 3.05) is 60.7 Å². The first-order valence-corrected chi connectivity index (χ1v) is 9.29. The van der Waals surface area contributed by atoms with Crippen molar-refractivity contribution in [3.05, 3.63) is 54.7 Å². The molecule has 1 heterocycles. The molecule has 0 amide bonds. The minimum atomic E-state index is 0.500.